The van der Waals surface area contributed by atoms with E-state index in [2.05, 4.69) is 21.2 Å². The number of rotatable bonds is 8. The Morgan fingerprint density at radius 2 is 1.76 bits per heavy atom. The summed E-state index contributed by atoms with van der Waals surface area (Å²) < 4.78 is 11.7. The number of halogens is 1. The summed E-state index contributed by atoms with van der Waals surface area (Å²) in [6.45, 7) is 0.437. The van der Waals surface area contributed by atoms with Crippen molar-refractivity contribution < 1.29 is 28.7 Å². The molecule has 1 saturated heterocycles. The second-order valence-corrected chi connectivity index (χ2v) is 11.2. The number of anilines is 1. The summed E-state index contributed by atoms with van der Waals surface area (Å²) in [4.78, 5) is 54.0. The molecule has 0 unspecified atom stereocenters. The lowest BCUT2D eigenvalue weighted by molar-refractivity contribution is -0.136. The molecule has 3 aromatic rings. The van der Waals surface area contributed by atoms with Gasteiger partial charge in [0.15, 0.2) is 18.1 Å². The van der Waals surface area contributed by atoms with Crippen molar-refractivity contribution in [3.63, 3.8) is 0 Å². The molecule has 0 spiro atoms. The van der Waals surface area contributed by atoms with Crippen LogP contribution in [0.15, 0.2) is 76.1 Å². The first kappa shape index (κ1) is 28.4. The van der Waals surface area contributed by atoms with Crippen LogP contribution in [0.3, 0.4) is 0 Å². The van der Waals surface area contributed by atoms with Crippen LogP contribution in [0.4, 0.5) is 10.5 Å². The van der Waals surface area contributed by atoms with Crippen LogP contribution in [0.1, 0.15) is 16.7 Å². The molecule has 0 saturated carbocycles. The highest BCUT2D eigenvalue weighted by molar-refractivity contribution is 9.10. The highest BCUT2D eigenvalue weighted by atomic mass is 79.9. The number of thioether (sulfide) groups is 1. The zero-order valence-corrected chi connectivity index (χ0v) is 24.5. The van der Waals surface area contributed by atoms with E-state index in [4.69, 9.17) is 9.47 Å². The Morgan fingerprint density at radius 1 is 1.02 bits per heavy atom. The summed E-state index contributed by atoms with van der Waals surface area (Å²) in [5.74, 6) is -0.484. The van der Waals surface area contributed by atoms with Gasteiger partial charge in [-0.1, -0.05) is 58.4 Å². The van der Waals surface area contributed by atoms with E-state index in [0.29, 0.717) is 40.3 Å². The molecule has 41 heavy (non-hydrogen) atoms. The van der Waals surface area contributed by atoms with E-state index in [1.54, 1.807) is 35.2 Å². The number of nitrogens with zero attached hydrogens (tertiary/aromatic N) is 2. The van der Waals surface area contributed by atoms with E-state index >= 15 is 0 Å². The van der Waals surface area contributed by atoms with Crippen LogP contribution in [-0.2, 0) is 27.3 Å². The Kier molecular flexibility index (Phi) is 8.75. The Morgan fingerprint density at radius 3 is 2.51 bits per heavy atom. The number of methoxy groups -OCH3 is 1. The quantitative estimate of drug-likeness (QED) is 0.344. The van der Waals surface area contributed by atoms with Gasteiger partial charge in [0.2, 0.25) is 5.91 Å². The van der Waals surface area contributed by atoms with Crippen LogP contribution in [0.2, 0.25) is 0 Å². The fourth-order valence-electron chi connectivity index (χ4n) is 4.52. The fraction of sp³-hybridized carbons (Fsp3) is 0.200. The highest BCUT2D eigenvalue weighted by Crippen LogP contribution is 2.38. The van der Waals surface area contributed by atoms with E-state index in [0.717, 1.165) is 28.6 Å². The van der Waals surface area contributed by atoms with Crippen LogP contribution < -0.4 is 14.8 Å². The van der Waals surface area contributed by atoms with Gasteiger partial charge in [0.25, 0.3) is 17.1 Å². The van der Waals surface area contributed by atoms with Gasteiger partial charge < -0.3 is 19.7 Å². The minimum Gasteiger partial charge on any atom is -0.493 e. The van der Waals surface area contributed by atoms with E-state index in [-0.39, 0.29) is 29.9 Å². The second kappa shape index (κ2) is 12.6. The van der Waals surface area contributed by atoms with E-state index in [1.807, 2.05) is 42.5 Å². The standard InChI is InChI=1S/C30H26BrN3O6S/c1-39-24-13-21(23(31)15-25(24)40-18-27(35)32-22-9-3-2-4-10-22)14-26-29(37)34(30(38)41-26)17-28(36)33-12-11-19-7-5-6-8-20(19)16-33/h2-10,13-15H,11-12,16-18H2,1H3,(H,32,35)/b26-14-. The molecule has 2 heterocycles. The van der Waals surface area contributed by atoms with E-state index < -0.39 is 11.1 Å². The number of carbonyl (C=O) groups is 4. The van der Waals surface area contributed by atoms with Crippen molar-refractivity contribution in [3.05, 3.63) is 92.8 Å². The lowest BCUT2D eigenvalue weighted by Gasteiger charge is -2.29. The lowest BCUT2D eigenvalue weighted by Crippen LogP contribution is -2.44. The van der Waals surface area contributed by atoms with E-state index in [9.17, 15) is 19.2 Å². The molecule has 210 valence electrons. The summed E-state index contributed by atoms with van der Waals surface area (Å²) in [5, 5.41) is 2.25. The summed E-state index contributed by atoms with van der Waals surface area (Å²) in [6.07, 6.45) is 2.29. The highest BCUT2D eigenvalue weighted by Gasteiger charge is 2.37. The molecule has 0 radical (unpaired) electrons. The molecular weight excluding hydrogens is 610 g/mol. The molecule has 5 rings (SSSR count). The van der Waals surface area contributed by atoms with Gasteiger partial charge in [-0.2, -0.15) is 0 Å². The first-order chi connectivity index (χ1) is 19.8. The van der Waals surface area contributed by atoms with Crippen LogP contribution in [0.5, 0.6) is 11.5 Å². The number of hydrogen-bond acceptors (Lipinski definition) is 7. The number of nitrogens with one attached hydrogen (secondary N) is 1. The molecule has 1 N–H and O–H groups in total. The summed E-state index contributed by atoms with van der Waals surface area (Å²) >= 11 is 4.25. The van der Waals surface area contributed by atoms with Crippen molar-refractivity contribution in [1.29, 1.82) is 0 Å². The van der Waals surface area contributed by atoms with Crippen LogP contribution in [0, 0.1) is 0 Å². The van der Waals surface area contributed by atoms with Gasteiger partial charge >= 0.3 is 0 Å². The Bertz CT molecular complexity index is 1540. The molecule has 4 amide bonds. The zero-order valence-electron chi connectivity index (χ0n) is 22.1. The normalized spacial score (nSPS) is 15.6. The number of fused-ring (bicyclic) bond motifs is 1. The molecule has 0 bridgehead atoms. The summed E-state index contributed by atoms with van der Waals surface area (Å²) in [6, 6.07) is 20.2. The molecule has 0 atom stereocenters. The first-order valence-corrected chi connectivity index (χ1v) is 14.4. The molecule has 3 aromatic carbocycles. The van der Waals surface area contributed by atoms with Gasteiger partial charge in [0, 0.05) is 23.2 Å². The van der Waals surface area contributed by atoms with Gasteiger partial charge in [-0.15, -0.1) is 0 Å². The number of para-hydroxylation sites is 1. The van der Waals surface area contributed by atoms with Crippen molar-refractivity contribution in [2.24, 2.45) is 0 Å². The van der Waals surface area contributed by atoms with Gasteiger partial charge in [-0.05, 0) is 65.2 Å². The number of ether oxygens (including phenoxy) is 2. The Balaban J connectivity index is 1.24. The molecule has 0 aliphatic carbocycles. The second-order valence-electron chi connectivity index (χ2n) is 9.33. The summed E-state index contributed by atoms with van der Waals surface area (Å²) in [7, 11) is 1.46. The molecule has 1 fully saturated rings. The number of imide groups is 1. The third kappa shape index (κ3) is 6.63. The van der Waals surface area contributed by atoms with Crippen molar-refractivity contribution in [2.75, 3.05) is 32.1 Å². The maximum atomic E-state index is 13.1. The minimum atomic E-state index is -0.533. The average Bonchev–Trinajstić information content (AvgIpc) is 3.24. The van der Waals surface area contributed by atoms with Gasteiger partial charge in [0.1, 0.15) is 6.54 Å². The number of amides is 4. The van der Waals surface area contributed by atoms with Crippen molar-refractivity contribution in [2.45, 2.75) is 13.0 Å². The van der Waals surface area contributed by atoms with Crippen molar-refractivity contribution in [3.8, 4) is 11.5 Å². The SMILES string of the molecule is COc1cc(/C=C2\SC(=O)N(CC(=O)N3CCc4ccccc4C3)C2=O)c(Br)cc1OCC(=O)Nc1ccccc1. The van der Waals surface area contributed by atoms with Crippen LogP contribution in [0.25, 0.3) is 6.08 Å². The number of benzene rings is 3. The maximum absolute atomic E-state index is 13.1. The van der Waals surface area contributed by atoms with Crippen LogP contribution >= 0.6 is 27.7 Å². The Labute approximate surface area is 249 Å². The maximum Gasteiger partial charge on any atom is 0.294 e. The predicted molar refractivity (Wildman–Crippen MR) is 160 cm³/mol. The third-order valence-corrected chi connectivity index (χ3v) is 8.23. The monoisotopic (exact) mass is 635 g/mol. The smallest absolute Gasteiger partial charge is 0.294 e. The average molecular weight is 637 g/mol. The van der Waals surface area contributed by atoms with Gasteiger partial charge in [-0.25, -0.2) is 0 Å². The van der Waals surface area contributed by atoms with E-state index in [1.165, 1.54) is 12.7 Å². The molecule has 0 aromatic heterocycles. The first-order valence-electron chi connectivity index (χ1n) is 12.8. The van der Waals surface area contributed by atoms with Crippen molar-refractivity contribution in [1.82, 2.24) is 9.80 Å². The molecular formula is C30H26BrN3O6S. The van der Waals surface area contributed by atoms with Crippen molar-refractivity contribution >= 4 is 62.4 Å². The zero-order chi connectivity index (χ0) is 28.9. The number of carbonyl (C=O) groups excluding carboxylic acids is 4. The largest absolute Gasteiger partial charge is 0.493 e. The number of hydrogen-bond donors (Lipinski definition) is 1. The third-order valence-electron chi connectivity index (χ3n) is 6.64. The van der Waals surface area contributed by atoms with Crippen LogP contribution in [-0.4, -0.2) is 59.6 Å². The molecule has 11 heteroatoms. The predicted octanol–water partition coefficient (Wildman–Crippen LogP) is 5.10. The lowest BCUT2D eigenvalue weighted by atomic mass is 10.00. The van der Waals surface area contributed by atoms with Gasteiger partial charge in [0.05, 0.1) is 12.0 Å². The minimum absolute atomic E-state index is 0.186. The Hall–Kier alpha value is -4.09. The molecule has 2 aliphatic rings. The topological polar surface area (TPSA) is 105 Å². The molecule has 2 aliphatic heterocycles. The molecule has 9 nitrogen and oxygen atoms in total. The van der Waals surface area contributed by atoms with Gasteiger partial charge in [-0.3, -0.25) is 24.1 Å². The fourth-order valence-corrected chi connectivity index (χ4v) is 5.78. The summed E-state index contributed by atoms with van der Waals surface area (Å²) in [5.41, 5.74) is 3.50.